The van der Waals surface area contributed by atoms with Crippen molar-refractivity contribution in [1.82, 2.24) is 19.7 Å². The smallest absolute Gasteiger partial charge is 0.323 e. The summed E-state index contributed by atoms with van der Waals surface area (Å²) in [5.41, 5.74) is 4.79. The topological polar surface area (TPSA) is 116 Å². The van der Waals surface area contributed by atoms with Crippen LogP contribution < -0.4 is 20.1 Å². The van der Waals surface area contributed by atoms with E-state index in [1.807, 2.05) is 66.2 Å². The summed E-state index contributed by atoms with van der Waals surface area (Å²) in [6, 6.07) is 20.2. The van der Waals surface area contributed by atoms with Crippen molar-refractivity contribution >= 4 is 17.4 Å². The minimum atomic E-state index is -0.395. The first-order chi connectivity index (χ1) is 18.5. The summed E-state index contributed by atoms with van der Waals surface area (Å²) in [5, 5.41) is 9.69. The van der Waals surface area contributed by atoms with E-state index in [2.05, 4.69) is 25.8 Å². The van der Waals surface area contributed by atoms with E-state index in [4.69, 9.17) is 14.0 Å². The van der Waals surface area contributed by atoms with Crippen molar-refractivity contribution in [1.29, 1.82) is 0 Å². The maximum absolute atomic E-state index is 12.5. The predicted molar refractivity (Wildman–Crippen MR) is 143 cm³/mol. The fourth-order valence-corrected chi connectivity index (χ4v) is 3.89. The Bertz CT molecular complexity index is 1560. The van der Waals surface area contributed by atoms with Crippen LogP contribution in [0.1, 0.15) is 11.1 Å². The lowest BCUT2D eigenvalue weighted by Crippen LogP contribution is -2.19. The number of nitrogens with one attached hydrogen (secondary N) is 2. The van der Waals surface area contributed by atoms with Gasteiger partial charge in [-0.3, -0.25) is 0 Å². The second kappa shape index (κ2) is 10.9. The third-order valence-electron chi connectivity index (χ3n) is 5.79. The molecule has 0 aliphatic heterocycles. The minimum Gasteiger partial charge on any atom is -0.497 e. The molecule has 3 aromatic carbocycles. The van der Waals surface area contributed by atoms with Crippen LogP contribution >= 0.6 is 0 Å². The molecule has 10 heteroatoms. The fraction of sp³-hybridized carbons (Fsp3) is 0.143. The Balaban J connectivity index is 1.20. The number of methoxy groups -OCH3 is 2. The summed E-state index contributed by atoms with van der Waals surface area (Å²) in [5.74, 6) is 2.02. The molecule has 0 fully saturated rings. The van der Waals surface area contributed by atoms with Gasteiger partial charge < -0.3 is 29.2 Å². The van der Waals surface area contributed by atoms with Gasteiger partial charge in [0, 0.05) is 30.1 Å². The number of nitrogens with zero attached hydrogens (tertiary/aromatic N) is 4. The van der Waals surface area contributed by atoms with Crippen molar-refractivity contribution in [3.8, 4) is 34.5 Å². The van der Waals surface area contributed by atoms with Crippen molar-refractivity contribution in [2.24, 2.45) is 0 Å². The van der Waals surface area contributed by atoms with Gasteiger partial charge in [-0.2, -0.15) is 4.98 Å². The van der Waals surface area contributed by atoms with Gasteiger partial charge in [-0.15, -0.1) is 0 Å². The average molecular weight is 511 g/mol. The second-order valence-corrected chi connectivity index (χ2v) is 8.57. The number of aryl methyl sites for hydroxylation is 1. The molecule has 38 heavy (non-hydrogen) atoms. The Kier molecular flexibility index (Phi) is 7.03. The van der Waals surface area contributed by atoms with Crippen LogP contribution in [0, 0.1) is 6.92 Å². The zero-order valence-corrected chi connectivity index (χ0v) is 21.1. The average Bonchev–Trinajstić information content (AvgIpc) is 3.60. The summed E-state index contributed by atoms with van der Waals surface area (Å²) >= 11 is 0. The standard InChI is InChI=1S/C28H26N6O4/c1-18-5-4-6-20(13-18)26-32-27(38-33-26)24-16-34(17-29-24)15-19-7-9-21(10-8-19)30-28(35)31-23-14-22(36-2)11-12-25(23)37-3/h4-14,16-17H,15H2,1-3H3,(H2,30,31,35). The SMILES string of the molecule is COc1ccc(OC)c(NC(=O)Nc2ccc(Cn3cnc(-c4nc(-c5cccc(C)c5)no4)c3)cc2)c1. The zero-order valence-electron chi connectivity index (χ0n) is 21.1. The number of amides is 2. The highest BCUT2D eigenvalue weighted by atomic mass is 16.5. The van der Waals surface area contributed by atoms with E-state index in [0.717, 1.165) is 16.7 Å². The number of ether oxygens (including phenoxy) is 2. The number of anilines is 2. The van der Waals surface area contributed by atoms with Crippen LogP contribution in [0.2, 0.25) is 0 Å². The molecule has 0 saturated carbocycles. The first-order valence-corrected chi connectivity index (χ1v) is 11.8. The largest absolute Gasteiger partial charge is 0.497 e. The van der Waals surface area contributed by atoms with Crippen LogP contribution in [0.15, 0.2) is 83.8 Å². The number of hydrogen-bond donors (Lipinski definition) is 2. The highest BCUT2D eigenvalue weighted by Gasteiger charge is 2.14. The molecule has 0 aliphatic carbocycles. The molecule has 0 atom stereocenters. The Morgan fingerprint density at radius 1 is 1.00 bits per heavy atom. The summed E-state index contributed by atoms with van der Waals surface area (Å²) in [6.45, 7) is 2.60. The number of urea groups is 1. The van der Waals surface area contributed by atoms with E-state index in [-0.39, 0.29) is 0 Å². The summed E-state index contributed by atoms with van der Waals surface area (Å²) in [7, 11) is 3.10. The van der Waals surface area contributed by atoms with E-state index in [1.54, 1.807) is 31.6 Å². The molecular formula is C28H26N6O4. The Labute approximate surface area is 219 Å². The molecule has 10 nitrogen and oxygen atoms in total. The van der Waals surface area contributed by atoms with E-state index in [0.29, 0.717) is 46.8 Å². The molecule has 0 saturated heterocycles. The molecular weight excluding hydrogens is 484 g/mol. The molecule has 192 valence electrons. The number of carbonyl (C=O) groups excluding carboxylic acids is 1. The van der Waals surface area contributed by atoms with E-state index in [1.165, 1.54) is 7.11 Å². The molecule has 2 aromatic heterocycles. The summed E-state index contributed by atoms with van der Waals surface area (Å²) in [4.78, 5) is 21.4. The lowest BCUT2D eigenvalue weighted by molar-refractivity contribution is 0.262. The van der Waals surface area contributed by atoms with Crippen LogP contribution in [0.4, 0.5) is 16.2 Å². The Hall–Kier alpha value is -5.12. The lowest BCUT2D eigenvalue weighted by Gasteiger charge is -2.13. The van der Waals surface area contributed by atoms with Gasteiger partial charge in [0.05, 0.1) is 26.2 Å². The highest BCUT2D eigenvalue weighted by Crippen LogP contribution is 2.29. The van der Waals surface area contributed by atoms with E-state index in [9.17, 15) is 4.79 Å². The third kappa shape index (κ3) is 5.65. The molecule has 5 aromatic rings. The molecule has 2 heterocycles. The lowest BCUT2D eigenvalue weighted by atomic mass is 10.1. The van der Waals surface area contributed by atoms with Crippen LogP contribution in [0.5, 0.6) is 11.5 Å². The second-order valence-electron chi connectivity index (χ2n) is 8.57. The van der Waals surface area contributed by atoms with Gasteiger partial charge in [0.1, 0.15) is 17.2 Å². The molecule has 5 rings (SSSR count). The first kappa shape index (κ1) is 24.6. The number of hydrogen-bond acceptors (Lipinski definition) is 7. The van der Waals surface area contributed by atoms with Crippen LogP contribution in [0.25, 0.3) is 23.0 Å². The van der Waals surface area contributed by atoms with Crippen LogP contribution in [-0.4, -0.2) is 39.9 Å². The fourth-order valence-electron chi connectivity index (χ4n) is 3.89. The first-order valence-electron chi connectivity index (χ1n) is 11.8. The minimum absolute atomic E-state index is 0.360. The third-order valence-corrected chi connectivity index (χ3v) is 5.79. The van der Waals surface area contributed by atoms with Crippen molar-refractivity contribution in [2.75, 3.05) is 24.9 Å². The number of aromatic nitrogens is 4. The summed E-state index contributed by atoms with van der Waals surface area (Å²) in [6.07, 6.45) is 3.57. The van der Waals surface area contributed by atoms with Crippen LogP contribution in [-0.2, 0) is 6.54 Å². The monoisotopic (exact) mass is 510 g/mol. The van der Waals surface area contributed by atoms with Gasteiger partial charge in [-0.1, -0.05) is 41.1 Å². The van der Waals surface area contributed by atoms with Crippen molar-refractivity contribution in [2.45, 2.75) is 13.5 Å². The normalized spacial score (nSPS) is 10.7. The molecule has 2 amide bonds. The van der Waals surface area contributed by atoms with Gasteiger partial charge in [-0.05, 0) is 42.8 Å². The molecule has 0 spiro atoms. The molecule has 0 aliphatic rings. The van der Waals surface area contributed by atoms with Gasteiger partial charge in [0.25, 0.3) is 5.89 Å². The van der Waals surface area contributed by atoms with Crippen LogP contribution in [0.3, 0.4) is 0 Å². The highest BCUT2D eigenvalue weighted by molar-refractivity contribution is 6.00. The number of imidazole rings is 1. The summed E-state index contributed by atoms with van der Waals surface area (Å²) < 4.78 is 17.9. The number of benzene rings is 3. The van der Waals surface area contributed by atoms with Gasteiger partial charge >= 0.3 is 6.03 Å². The van der Waals surface area contributed by atoms with Gasteiger partial charge in [0.2, 0.25) is 5.82 Å². The van der Waals surface area contributed by atoms with Crippen molar-refractivity contribution < 1.29 is 18.8 Å². The van der Waals surface area contributed by atoms with Gasteiger partial charge in [-0.25, -0.2) is 9.78 Å². The Morgan fingerprint density at radius 3 is 2.61 bits per heavy atom. The van der Waals surface area contributed by atoms with Crippen molar-refractivity contribution in [3.63, 3.8) is 0 Å². The van der Waals surface area contributed by atoms with E-state index < -0.39 is 6.03 Å². The van der Waals surface area contributed by atoms with E-state index >= 15 is 0 Å². The molecule has 0 bridgehead atoms. The quantitative estimate of drug-likeness (QED) is 0.278. The van der Waals surface area contributed by atoms with Gasteiger partial charge in [0.15, 0.2) is 0 Å². The molecule has 0 unspecified atom stereocenters. The van der Waals surface area contributed by atoms with Crippen molar-refractivity contribution in [3.05, 3.63) is 90.4 Å². The predicted octanol–water partition coefficient (Wildman–Crippen LogP) is 5.62. The maximum Gasteiger partial charge on any atom is 0.323 e. The zero-order chi connectivity index (χ0) is 26.5. The molecule has 0 radical (unpaired) electrons. The Morgan fingerprint density at radius 2 is 1.84 bits per heavy atom. The maximum atomic E-state index is 12.5. The molecule has 2 N–H and O–H groups in total. The number of carbonyl (C=O) groups is 1. The number of rotatable bonds is 8.